The fourth-order valence-corrected chi connectivity index (χ4v) is 1.05. The smallest absolute Gasteiger partial charge is 0.377 e. The van der Waals surface area contributed by atoms with Crippen LogP contribution in [0.2, 0.25) is 0 Å². The average molecular weight is 196 g/mol. The predicted molar refractivity (Wildman–Crippen MR) is 50.0 cm³/mol. The molecular formula is C9H12N2O3. The van der Waals surface area contributed by atoms with E-state index >= 15 is 0 Å². The number of Topliss-reactive ketones (excluding diaryl/α,β-unsaturated/α-hetero) is 1. The van der Waals surface area contributed by atoms with E-state index in [-0.39, 0.29) is 6.61 Å². The second-order valence-electron chi connectivity index (χ2n) is 2.71. The maximum Gasteiger partial charge on any atom is 0.377 e. The maximum atomic E-state index is 11.4. The van der Waals surface area contributed by atoms with Crippen LogP contribution in [0.1, 0.15) is 6.92 Å². The lowest BCUT2D eigenvalue weighted by Crippen LogP contribution is -2.43. The van der Waals surface area contributed by atoms with Crippen LogP contribution in [0.5, 0.6) is 0 Å². The fourth-order valence-electron chi connectivity index (χ4n) is 1.05. The number of ketones is 1. The summed E-state index contributed by atoms with van der Waals surface area (Å²) < 4.78 is 4.57. The summed E-state index contributed by atoms with van der Waals surface area (Å²) in [6.45, 7) is 1.81. The van der Waals surface area contributed by atoms with Crippen LogP contribution in [0.3, 0.4) is 0 Å². The number of hydrogen-bond acceptors (Lipinski definition) is 5. The lowest BCUT2D eigenvalue weighted by Gasteiger charge is -2.17. The van der Waals surface area contributed by atoms with Gasteiger partial charge in [0, 0.05) is 5.70 Å². The first-order valence-corrected chi connectivity index (χ1v) is 4.26. The molecule has 76 valence electrons. The zero-order chi connectivity index (χ0) is 10.6. The molecular weight excluding hydrogens is 184 g/mol. The number of rotatable bonds is 3. The highest BCUT2D eigenvalue weighted by Gasteiger charge is 2.28. The summed E-state index contributed by atoms with van der Waals surface area (Å²) in [6.07, 6.45) is 4.78. The number of nitrogens with two attached hydrogens (primary N) is 1. The second kappa shape index (κ2) is 4.45. The highest BCUT2D eigenvalue weighted by molar-refractivity contribution is 6.36. The molecule has 1 unspecified atom stereocenters. The van der Waals surface area contributed by atoms with Crippen LogP contribution in [0.25, 0.3) is 0 Å². The molecule has 0 aromatic heterocycles. The Labute approximate surface area is 81.6 Å². The van der Waals surface area contributed by atoms with Crippen LogP contribution in [-0.2, 0) is 14.3 Å². The number of dihydropyridines is 1. The first kappa shape index (κ1) is 10.3. The van der Waals surface area contributed by atoms with Gasteiger partial charge in [0.25, 0.3) is 5.78 Å². The molecule has 3 N–H and O–H groups in total. The van der Waals surface area contributed by atoms with E-state index < -0.39 is 17.8 Å². The third-order valence-corrected chi connectivity index (χ3v) is 1.72. The van der Waals surface area contributed by atoms with Gasteiger partial charge in [-0.2, -0.15) is 0 Å². The van der Waals surface area contributed by atoms with Crippen molar-refractivity contribution in [1.29, 1.82) is 0 Å². The quantitative estimate of drug-likeness (QED) is 0.467. The highest BCUT2D eigenvalue weighted by atomic mass is 16.5. The number of ether oxygens (including phenoxy) is 1. The molecule has 0 saturated carbocycles. The Kier molecular flexibility index (Phi) is 3.28. The van der Waals surface area contributed by atoms with Crippen molar-refractivity contribution < 1.29 is 14.3 Å². The van der Waals surface area contributed by atoms with E-state index in [1.165, 1.54) is 0 Å². The minimum absolute atomic E-state index is 0.177. The number of hydrogen-bond donors (Lipinski definition) is 2. The predicted octanol–water partition coefficient (Wildman–Crippen LogP) is -0.553. The van der Waals surface area contributed by atoms with Gasteiger partial charge in [0.05, 0.1) is 6.61 Å². The number of allylic oxidation sites excluding steroid dienone is 2. The number of nitrogens with one attached hydrogen (secondary N) is 1. The van der Waals surface area contributed by atoms with Gasteiger partial charge in [0.1, 0.15) is 6.04 Å². The molecule has 1 rings (SSSR count). The maximum absolute atomic E-state index is 11.4. The molecule has 0 spiro atoms. The number of carbonyl (C=O) groups is 2. The van der Waals surface area contributed by atoms with E-state index in [9.17, 15) is 9.59 Å². The van der Waals surface area contributed by atoms with Crippen LogP contribution in [0.15, 0.2) is 24.0 Å². The minimum atomic E-state index is -0.864. The van der Waals surface area contributed by atoms with E-state index in [2.05, 4.69) is 10.1 Å². The topological polar surface area (TPSA) is 81.4 Å². The van der Waals surface area contributed by atoms with Gasteiger partial charge < -0.3 is 15.8 Å². The summed E-state index contributed by atoms with van der Waals surface area (Å²) in [5.74, 6) is -1.54. The first-order chi connectivity index (χ1) is 6.66. The summed E-state index contributed by atoms with van der Waals surface area (Å²) in [6, 6.07) is -0.793. The lowest BCUT2D eigenvalue weighted by atomic mass is 10.1. The Bertz CT molecular complexity index is 307. The van der Waals surface area contributed by atoms with Crippen molar-refractivity contribution in [2.75, 3.05) is 6.61 Å². The summed E-state index contributed by atoms with van der Waals surface area (Å²) in [5, 5.41) is 2.68. The van der Waals surface area contributed by atoms with E-state index in [0.717, 1.165) is 0 Å². The van der Waals surface area contributed by atoms with Crippen LogP contribution >= 0.6 is 0 Å². The molecule has 5 heteroatoms. The normalized spacial score (nSPS) is 19.5. The Morgan fingerprint density at radius 2 is 2.36 bits per heavy atom. The van der Waals surface area contributed by atoms with Gasteiger partial charge in [0.2, 0.25) is 0 Å². The molecule has 1 heterocycles. The SMILES string of the molecule is CCOC(=O)C(=O)C1NC=CC=C1N. The first-order valence-electron chi connectivity index (χ1n) is 4.26. The van der Waals surface area contributed by atoms with Gasteiger partial charge >= 0.3 is 5.97 Å². The zero-order valence-electron chi connectivity index (χ0n) is 7.82. The summed E-state index contributed by atoms with van der Waals surface area (Å²) in [4.78, 5) is 22.5. The van der Waals surface area contributed by atoms with Crippen molar-refractivity contribution in [3.63, 3.8) is 0 Å². The van der Waals surface area contributed by atoms with E-state index in [1.54, 1.807) is 25.3 Å². The Morgan fingerprint density at radius 3 is 2.93 bits per heavy atom. The van der Waals surface area contributed by atoms with Gasteiger partial charge in [0.15, 0.2) is 0 Å². The highest BCUT2D eigenvalue weighted by Crippen LogP contribution is 2.03. The monoisotopic (exact) mass is 196 g/mol. The van der Waals surface area contributed by atoms with Gasteiger partial charge in [-0.15, -0.1) is 0 Å². The van der Waals surface area contributed by atoms with Crippen LogP contribution in [0.4, 0.5) is 0 Å². The van der Waals surface area contributed by atoms with Crippen LogP contribution in [-0.4, -0.2) is 24.4 Å². The van der Waals surface area contributed by atoms with Crippen molar-refractivity contribution in [3.05, 3.63) is 24.0 Å². The molecule has 0 radical (unpaired) electrons. The lowest BCUT2D eigenvalue weighted by molar-refractivity contribution is -0.153. The molecule has 0 amide bonds. The third kappa shape index (κ3) is 2.12. The Morgan fingerprint density at radius 1 is 1.64 bits per heavy atom. The van der Waals surface area contributed by atoms with Crippen molar-refractivity contribution in [3.8, 4) is 0 Å². The van der Waals surface area contributed by atoms with E-state index in [1.807, 2.05) is 0 Å². The standard InChI is InChI=1S/C9H12N2O3/c1-2-14-9(13)8(12)7-6(10)4-3-5-11-7/h3-5,7,11H,2,10H2,1H3. The van der Waals surface area contributed by atoms with E-state index in [0.29, 0.717) is 5.70 Å². The molecule has 14 heavy (non-hydrogen) atoms. The molecule has 0 fully saturated rings. The average Bonchev–Trinajstić information content (AvgIpc) is 2.18. The molecule has 0 aromatic rings. The van der Waals surface area contributed by atoms with Gasteiger partial charge in [-0.05, 0) is 25.3 Å². The molecule has 5 nitrogen and oxygen atoms in total. The van der Waals surface area contributed by atoms with E-state index in [4.69, 9.17) is 5.73 Å². The summed E-state index contributed by atoms with van der Waals surface area (Å²) in [7, 11) is 0. The fraction of sp³-hybridized carbons (Fsp3) is 0.333. The van der Waals surface area contributed by atoms with Crippen molar-refractivity contribution >= 4 is 11.8 Å². The molecule has 1 aliphatic rings. The number of carbonyl (C=O) groups excluding carboxylic acids is 2. The molecule has 0 aromatic carbocycles. The van der Waals surface area contributed by atoms with Gasteiger partial charge in [-0.3, -0.25) is 4.79 Å². The minimum Gasteiger partial charge on any atom is -0.460 e. The molecule has 0 bridgehead atoms. The molecule has 0 saturated heterocycles. The van der Waals surface area contributed by atoms with Gasteiger partial charge in [-0.25, -0.2) is 4.79 Å². The molecule has 0 aliphatic carbocycles. The Balaban J connectivity index is 2.66. The third-order valence-electron chi connectivity index (χ3n) is 1.72. The molecule has 1 aliphatic heterocycles. The largest absolute Gasteiger partial charge is 0.460 e. The number of esters is 1. The summed E-state index contributed by atoms with van der Waals surface area (Å²) >= 11 is 0. The second-order valence-corrected chi connectivity index (χ2v) is 2.71. The summed E-state index contributed by atoms with van der Waals surface area (Å²) in [5.41, 5.74) is 5.84. The van der Waals surface area contributed by atoms with Crippen molar-refractivity contribution in [2.45, 2.75) is 13.0 Å². The van der Waals surface area contributed by atoms with Crippen LogP contribution < -0.4 is 11.1 Å². The van der Waals surface area contributed by atoms with Gasteiger partial charge in [-0.1, -0.05) is 0 Å². The van der Waals surface area contributed by atoms with Crippen molar-refractivity contribution in [2.24, 2.45) is 5.73 Å². The zero-order valence-corrected chi connectivity index (χ0v) is 7.82. The van der Waals surface area contributed by atoms with Crippen LogP contribution in [0, 0.1) is 0 Å². The Hall–Kier alpha value is -1.78. The molecule has 1 atom stereocenters. The van der Waals surface area contributed by atoms with Crippen molar-refractivity contribution in [1.82, 2.24) is 5.32 Å².